The first kappa shape index (κ1) is 25.5. The van der Waals surface area contributed by atoms with Crippen LogP contribution in [0.5, 0.6) is 0 Å². The molecule has 1 amide bonds. The molecule has 0 atom stereocenters. The number of rotatable bonds is 9. The third-order valence-electron chi connectivity index (χ3n) is 9.93. The third kappa shape index (κ3) is 4.44. The molecule has 40 heavy (non-hydrogen) atoms. The molecule has 2 aromatic heterocycles. The average molecular weight is 537 g/mol. The number of benzene rings is 2. The number of carbonyl (C=O) groups is 1. The van der Waals surface area contributed by atoms with E-state index >= 15 is 0 Å². The van der Waals surface area contributed by atoms with Crippen molar-refractivity contribution in [1.29, 1.82) is 0 Å². The van der Waals surface area contributed by atoms with Gasteiger partial charge in [0.25, 0.3) is 5.91 Å². The number of aromatic nitrogens is 4. The number of hydrogen-bond donors (Lipinski definition) is 1. The molecule has 2 aromatic carbocycles. The van der Waals surface area contributed by atoms with Crippen molar-refractivity contribution >= 4 is 22.9 Å². The molecule has 8 rings (SSSR count). The van der Waals surface area contributed by atoms with E-state index in [0.717, 1.165) is 85.6 Å². The fraction of sp³-hybridized carbons (Fsp3) is 0.485. The maximum absolute atomic E-state index is 14.2. The fourth-order valence-corrected chi connectivity index (χ4v) is 8.39. The van der Waals surface area contributed by atoms with E-state index in [0.29, 0.717) is 11.5 Å². The fourth-order valence-electron chi connectivity index (χ4n) is 8.39. The lowest BCUT2D eigenvalue weighted by molar-refractivity contribution is -0.00765. The minimum Gasteiger partial charge on any atom is -0.309 e. The minimum absolute atomic E-state index is 0.00431. The van der Waals surface area contributed by atoms with Crippen molar-refractivity contribution in [3.05, 3.63) is 72.1 Å². The van der Waals surface area contributed by atoms with Crippen molar-refractivity contribution in [2.45, 2.75) is 64.3 Å². The number of nitrogens with zero attached hydrogens (tertiary/aromatic N) is 5. The highest BCUT2D eigenvalue weighted by Crippen LogP contribution is 2.61. The van der Waals surface area contributed by atoms with Crippen LogP contribution in [0, 0.1) is 17.8 Å². The van der Waals surface area contributed by atoms with Crippen LogP contribution < -0.4 is 5.32 Å². The van der Waals surface area contributed by atoms with Crippen LogP contribution in [0.25, 0.3) is 16.7 Å². The molecule has 7 heteroatoms. The quantitative estimate of drug-likeness (QED) is 0.273. The minimum atomic E-state index is -0.104. The molecular weight excluding hydrogens is 496 g/mol. The lowest BCUT2D eigenvalue weighted by Crippen LogP contribution is -2.49. The average Bonchev–Trinajstić information content (AvgIpc) is 3.56. The first-order chi connectivity index (χ1) is 19.5. The Balaban J connectivity index is 1.27. The number of anilines is 1. The molecule has 0 unspecified atom stereocenters. The second-order valence-electron chi connectivity index (χ2n) is 12.4. The van der Waals surface area contributed by atoms with Crippen LogP contribution in [0.1, 0.15) is 68.4 Å². The summed E-state index contributed by atoms with van der Waals surface area (Å²) in [5.74, 6) is 2.82. The molecule has 4 bridgehead atoms. The van der Waals surface area contributed by atoms with E-state index in [4.69, 9.17) is 10.1 Å². The molecule has 2 heterocycles. The number of amides is 1. The number of likely N-dealkylation sites (N-methyl/N-ethyl adjacent to an activating group) is 1. The van der Waals surface area contributed by atoms with Crippen LogP contribution in [-0.2, 0) is 12.0 Å². The highest BCUT2D eigenvalue weighted by Gasteiger charge is 2.54. The van der Waals surface area contributed by atoms with Crippen LogP contribution in [0.4, 0.5) is 5.95 Å². The molecule has 4 aliphatic rings. The van der Waals surface area contributed by atoms with E-state index in [9.17, 15) is 4.79 Å². The van der Waals surface area contributed by atoms with Crippen molar-refractivity contribution in [1.82, 2.24) is 24.2 Å². The summed E-state index contributed by atoms with van der Waals surface area (Å²) in [6, 6.07) is 18.3. The highest BCUT2D eigenvalue weighted by molar-refractivity contribution is 6.05. The van der Waals surface area contributed by atoms with Gasteiger partial charge >= 0.3 is 0 Å². The van der Waals surface area contributed by atoms with Gasteiger partial charge in [-0.2, -0.15) is 5.10 Å². The van der Waals surface area contributed by atoms with Crippen molar-refractivity contribution in [3.63, 3.8) is 0 Å². The highest BCUT2D eigenvalue weighted by atomic mass is 16.1. The monoisotopic (exact) mass is 536 g/mol. The normalized spacial score (nSPS) is 25.2. The summed E-state index contributed by atoms with van der Waals surface area (Å²) in [4.78, 5) is 21.5. The van der Waals surface area contributed by atoms with Gasteiger partial charge in [-0.05, 0) is 93.6 Å². The predicted octanol–water partition coefficient (Wildman–Crippen LogP) is 6.28. The molecule has 1 N–H and O–H groups in total. The van der Waals surface area contributed by atoms with Crippen molar-refractivity contribution < 1.29 is 4.79 Å². The van der Waals surface area contributed by atoms with Gasteiger partial charge in [0.05, 0.1) is 28.0 Å². The summed E-state index contributed by atoms with van der Waals surface area (Å²) in [5.41, 5.74) is 4.64. The topological polar surface area (TPSA) is 68.0 Å². The van der Waals surface area contributed by atoms with E-state index in [1.54, 1.807) is 0 Å². The molecule has 0 radical (unpaired) electrons. The smallest absolute Gasteiger partial charge is 0.261 e. The van der Waals surface area contributed by atoms with E-state index in [1.807, 2.05) is 47.3 Å². The van der Waals surface area contributed by atoms with Crippen LogP contribution in [0.2, 0.25) is 0 Å². The first-order valence-electron chi connectivity index (χ1n) is 15.2. The summed E-state index contributed by atoms with van der Waals surface area (Å²) in [5, 5.41) is 8.46. The summed E-state index contributed by atoms with van der Waals surface area (Å²) in [6.45, 7) is 8.04. The standard InChI is InChI=1S/C33H40N6O/c1-3-37(4-2)14-15-38-29-13-9-8-12-28(29)34-32(38)35-31(40)27-22-39(26-10-6-5-7-11-26)36-30(27)33-19-23-16-24(20-33)18-25(17-23)21-33/h5-13,22-25H,3-4,14-21H2,1-2H3,(H,34,35,40). The molecule has 4 aliphatic carbocycles. The second kappa shape index (κ2) is 10.2. The van der Waals surface area contributed by atoms with E-state index in [2.05, 4.69) is 46.8 Å². The maximum Gasteiger partial charge on any atom is 0.261 e. The molecule has 0 saturated heterocycles. The number of carbonyl (C=O) groups excluding carboxylic acids is 1. The summed E-state index contributed by atoms with van der Waals surface area (Å²) in [7, 11) is 0. The van der Waals surface area contributed by atoms with Gasteiger partial charge in [-0.15, -0.1) is 0 Å². The Morgan fingerprint density at radius 3 is 2.27 bits per heavy atom. The summed E-state index contributed by atoms with van der Waals surface area (Å²) in [6.07, 6.45) is 9.51. The molecule has 0 spiro atoms. The van der Waals surface area contributed by atoms with E-state index in [1.165, 1.54) is 19.3 Å². The van der Waals surface area contributed by atoms with Crippen LogP contribution in [-0.4, -0.2) is 49.8 Å². The van der Waals surface area contributed by atoms with Gasteiger partial charge < -0.3 is 9.47 Å². The molecule has 208 valence electrons. The van der Waals surface area contributed by atoms with Crippen molar-refractivity contribution in [2.75, 3.05) is 25.0 Å². The van der Waals surface area contributed by atoms with Gasteiger partial charge in [-0.25, -0.2) is 9.67 Å². The Hall–Kier alpha value is -3.45. The lowest BCUT2D eigenvalue weighted by Gasteiger charge is -2.56. The van der Waals surface area contributed by atoms with Crippen molar-refractivity contribution in [2.24, 2.45) is 17.8 Å². The molecule has 4 saturated carbocycles. The van der Waals surface area contributed by atoms with Gasteiger partial charge in [0.15, 0.2) is 0 Å². The van der Waals surface area contributed by atoms with E-state index in [-0.39, 0.29) is 11.3 Å². The predicted molar refractivity (Wildman–Crippen MR) is 159 cm³/mol. The zero-order valence-corrected chi connectivity index (χ0v) is 23.7. The SMILES string of the molecule is CCN(CC)CCn1c(NC(=O)c2cn(-c3ccccc3)nc2C23CC4CC(CC(C4)C2)C3)nc2ccccc21. The van der Waals surface area contributed by atoms with Crippen LogP contribution in [0.15, 0.2) is 60.8 Å². The zero-order valence-electron chi connectivity index (χ0n) is 23.7. The summed E-state index contributed by atoms with van der Waals surface area (Å²) < 4.78 is 4.09. The van der Waals surface area contributed by atoms with E-state index < -0.39 is 0 Å². The maximum atomic E-state index is 14.2. The number of imidazole rings is 1. The Morgan fingerprint density at radius 1 is 0.950 bits per heavy atom. The number of fused-ring (bicyclic) bond motifs is 1. The number of para-hydroxylation sites is 3. The second-order valence-corrected chi connectivity index (χ2v) is 12.4. The van der Waals surface area contributed by atoms with Crippen LogP contribution in [0.3, 0.4) is 0 Å². The zero-order chi connectivity index (χ0) is 27.3. The Morgan fingerprint density at radius 2 is 1.60 bits per heavy atom. The Kier molecular flexibility index (Phi) is 6.50. The third-order valence-corrected chi connectivity index (χ3v) is 9.93. The Bertz CT molecular complexity index is 1480. The van der Waals surface area contributed by atoms with Gasteiger partial charge in [-0.3, -0.25) is 10.1 Å². The van der Waals surface area contributed by atoms with Gasteiger partial charge in [-0.1, -0.05) is 44.2 Å². The largest absolute Gasteiger partial charge is 0.309 e. The van der Waals surface area contributed by atoms with Gasteiger partial charge in [0, 0.05) is 24.7 Å². The van der Waals surface area contributed by atoms with Crippen LogP contribution >= 0.6 is 0 Å². The first-order valence-corrected chi connectivity index (χ1v) is 15.2. The van der Waals surface area contributed by atoms with Gasteiger partial charge in [0.2, 0.25) is 5.95 Å². The molecule has 0 aliphatic heterocycles. The summed E-state index contributed by atoms with van der Waals surface area (Å²) >= 11 is 0. The van der Waals surface area contributed by atoms with Gasteiger partial charge in [0.1, 0.15) is 0 Å². The lowest BCUT2D eigenvalue weighted by atomic mass is 9.48. The number of nitrogens with one attached hydrogen (secondary N) is 1. The number of hydrogen-bond acceptors (Lipinski definition) is 4. The molecular formula is C33H40N6O. The molecule has 4 fully saturated rings. The molecule has 7 nitrogen and oxygen atoms in total. The Labute approximate surface area is 236 Å². The molecule has 4 aromatic rings. The van der Waals surface area contributed by atoms with Crippen molar-refractivity contribution in [3.8, 4) is 5.69 Å².